The molecule has 0 unspecified atom stereocenters. The molecule has 0 saturated carbocycles. The molecule has 0 amide bonds. The summed E-state index contributed by atoms with van der Waals surface area (Å²) >= 11 is 5.94. The van der Waals surface area contributed by atoms with Crippen LogP contribution < -0.4 is 9.47 Å². The highest BCUT2D eigenvalue weighted by molar-refractivity contribution is 6.32. The molecule has 0 N–H and O–H groups in total. The third-order valence-corrected chi connectivity index (χ3v) is 3.22. The first-order chi connectivity index (χ1) is 10.2. The minimum absolute atomic E-state index is 0.294. The van der Waals surface area contributed by atoms with Crippen LogP contribution in [0.1, 0.15) is 18.9 Å². The molecule has 0 aliphatic heterocycles. The smallest absolute Gasteiger partial charge is 0.311 e. The molecule has 0 fully saturated rings. The van der Waals surface area contributed by atoms with Crippen molar-refractivity contribution in [2.75, 3.05) is 6.61 Å². The molecule has 0 saturated heterocycles. The molecule has 21 heavy (non-hydrogen) atoms. The number of hydrogen-bond donors (Lipinski definition) is 0. The molecule has 0 bridgehead atoms. The molecule has 3 nitrogen and oxygen atoms in total. The van der Waals surface area contributed by atoms with Gasteiger partial charge in [0, 0.05) is 6.42 Å². The van der Waals surface area contributed by atoms with E-state index in [4.69, 9.17) is 21.1 Å². The van der Waals surface area contributed by atoms with Crippen molar-refractivity contribution in [3.8, 4) is 11.5 Å². The number of halogens is 1. The van der Waals surface area contributed by atoms with Crippen molar-refractivity contribution >= 4 is 17.6 Å². The van der Waals surface area contributed by atoms with Gasteiger partial charge in [0.2, 0.25) is 0 Å². The molecular formula is C17H17ClO3. The maximum absolute atomic E-state index is 11.8. The van der Waals surface area contributed by atoms with Crippen LogP contribution in [0.15, 0.2) is 48.5 Å². The van der Waals surface area contributed by atoms with Crippen LogP contribution in [0.4, 0.5) is 0 Å². The average molecular weight is 305 g/mol. The van der Waals surface area contributed by atoms with E-state index < -0.39 is 0 Å². The number of benzene rings is 2. The van der Waals surface area contributed by atoms with Crippen LogP contribution in [-0.4, -0.2) is 12.6 Å². The van der Waals surface area contributed by atoms with E-state index in [0.717, 1.165) is 11.3 Å². The number of carbonyl (C=O) groups excluding carboxylic acids is 1. The van der Waals surface area contributed by atoms with Crippen molar-refractivity contribution in [3.05, 3.63) is 59.1 Å². The molecule has 0 heterocycles. The Hall–Kier alpha value is -2.00. The van der Waals surface area contributed by atoms with Crippen LogP contribution in [0.2, 0.25) is 5.02 Å². The number of para-hydroxylation sites is 1. The molecule has 0 aromatic heterocycles. The molecule has 0 radical (unpaired) electrons. The lowest BCUT2D eigenvalue weighted by Crippen LogP contribution is -2.09. The minimum atomic E-state index is -0.294. The predicted octanol–water partition coefficient (Wildman–Crippen LogP) is 4.28. The van der Waals surface area contributed by atoms with Gasteiger partial charge in [0.25, 0.3) is 0 Å². The van der Waals surface area contributed by atoms with Gasteiger partial charge < -0.3 is 9.47 Å². The second kappa shape index (κ2) is 7.70. The Labute approximate surface area is 129 Å². The molecule has 0 atom stereocenters. The summed E-state index contributed by atoms with van der Waals surface area (Å²) in [5, 5.41) is 0.437. The Bertz CT molecular complexity index is 593. The first-order valence-electron chi connectivity index (χ1n) is 6.86. The molecule has 2 aromatic rings. The quantitative estimate of drug-likeness (QED) is 0.590. The van der Waals surface area contributed by atoms with E-state index in [1.807, 2.05) is 31.2 Å². The summed E-state index contributed by atoms with van der Waals surface area (Å²) in [5.41, 5.74) is 1.06. The zero-order chi connectivity index (χ0) is 15.1. The SMILES string of the molecule is CCOc1ccc(CCC(=O)Oc2ccccc2Cl)cc1. The number of ether oxygens (including phenoxy) is 2. The summed E-state index contributed by atoms with van der Waals surface area (Å²) in [5.74, 6) is 0.938. The number of rotatable bonds is 6. The second-order valence-electron chi connectivity index (χ2n) is 4.48. The lowest BCUT2D eigenvalue weighted by molar-refractivity contribution is -0.134. The van der Waals surface area contributed by atoms with Gasteiger partial charge in [0.05, 0.1) is 11.6 Å². The Kier molecular flexibility index (Phi) is 5.64. The maximum atomic E-state index is 11.8. The van der Waals surface area contributed by atoms with Crippen LogP contribution in [0.5, 0.6) is 11.5 Å². The molecule has 2 rings (SSSR count). The van der Waals surface area contributed by atoms with Gasteiger partial charge in [-0.25, -0.2) is 0 Å². The summed E-state index contributed by atoms with van der Waals surface area (Å²) in [6, 6.07) is 14.6. The van der Waals surface area contributed by atoms with Crippen molar-refractivity contribution in [2.45, 2.75) is 19.8 Å². The fourth-order valence-corrected chi connectivity index (χ4v) is 2.04. The average Bonchev–Trinajstić information content (AvgIpc) is 2.49. The van der Waals surface area contributed by atoms with Crippen LogP contribution >= 0.6 is 11.6 Å². The van der Waals surface area contributed by atoms with E-state index in [-0.39, 0.29) is 5.97 Å². The molecule has 110 valence electrons. The molecule has 2 aromatic carbocycles. The standard InChI is InChI=1S/C17H17ClO3/c1-2-20-14-10-7-13(8-11-14)9-12-17(19)21-16-6-4-3-5-15(16)18/h3-8,10-11H,2,9,12H2,1H3. The highest BCUT2D eigenvalue weighted by Gasteiger charge is 2.08. The van der Waals surface area contributed by atoms with E-state index in [9.17, 15) is 4.79 Å². The number of hydrogen-bond acceptors (Lipinski definition) is 3. The third-order valence-electron chi connectivity index (χ3n) is 2.91. The number of aryl methyl sites for hydroxylation is 1. The van der Waals surface area contributed by atoms with Gasteiger partial charge >= 0.3 is 5.97 Å². The summed E-state index contributed by atoms with van der Waals surface area (Å²) in [7, 11) is 0. The van der Waals surface area contributed by atoms with Gasteiger partial charge in [-0.3, -0.25) is 4.79 Å². The van der Waals surface area contributed by atoms with E-state index in [1.54, 1.807) is 24.3 Å². The van der Waals surface area contributed by atoms with Crippen LogP contribution in [-0.2, 0) is 11.2 Å². The van der Waals surface area contributed by atoms with Gasteiger partial charge in [-0.15, -0.1) is 0 Å². The highest BCUT2D eigenvalue weighted by Crippen LogP contribution is 2.23. The van der Waals surface area contributed by atoms with Crippen molar-refractivity contribution in [2.24, 2.45) is 0 Å². The van der Waals surface area contributed by atoms with Gasteiger partial charge in [0.1, 0.15) is 11.5 Å². The highest BCUT2D eigenvalue weighted by atomic mass is 35.5. The summed E-state index contributed by atoms with van der Waals surface area (Å²) in [6.07, 6.45) is 0.925. The zero-order valence-corrected chi connectivity index (χ0v) is 12.6. The van der Waals surface area contributed by atoms with Crippen molar-refractivity contribution in [1.82, 2.24) is 0 Å². The topological polar surface area (TPSA) is 35.5 Å². The van der Waals surface area contributed by atoms with Gasteiger partial charge in [-0.05, 0) is 43.2 Å². The minimum Gasteiger partial charge on any atom is -0.494 e. The fraction of sp³-hybridized carbons (Fsp3) is 0.235. The molecule has 4 heteroatoms. The Balaban J connectivity index is 1.85. The van der Waals surface area contributed by atoms with Gasteiger partial charge in [0.15, 0.2) is 0 Å². The van der Waals surface area contributed by atoms with Crippen LogP contribution in [0, 0.1) is 0 Å². The van der Waals surface area contributed by atoms with Crippen molar-refractivity contribution < 1.29 is 14.3 Å². The first kappa shape index (κ1) is 15.4. The Morgan fingerprint density at radius 3 is 2.48 bits per heavy atom. The third kappa shape index (κ3) is 4.80. The largest absolute Gasteiger partial charge is 0.494 e. The molecule has 0 spiro atoms. The van der Waals surface area contributed by atoms with Crippen LogP contribution in [0.25, 0.3) is 0 Å². The zero-order valence-electron chi connectivity index (χ0n) is 11.8. The van der Waals surface area contributed by atoms with E-state index >= 15 is 0 Å². The monoisotopic (exact) mass is 304 g/mol. The van der Waals surface area contributed by atoms with Crippen LogP contribution in [0.3, 0.4) is 0 Å². The first-order valence-corrected chi connectivity index (χ1v) is 7.24. The Morgan fingerprint density at radius 1 is 1.10 bits per heavy atom. The van der Waals surface area contributed by atoms with E-state index in [2.05, 4.69) is 0 Å². The second-order valence-corrected chi connectivity index (χ2v) is 4.89. The van der Waals surface area contributed by atoms with E-state index in [0.29, 0.717) is 30.2 Å². The molecule has 0 aliphatic rings. The lowest BCUT2D eigenvalue weighted by atomic mass is 10.1. The summed E-state index contributed by atoms with van der Waals surface area (Å²) in [6.45, 7) is 2.59. The Morgan fingerprint density at radius 2 is 1.81 bits per heavy atom. The van der Waals surface area contributed by atoms with E-state index in [1.165, 1.54) is 0 Å². The number of esters is 1. The molecular weight excluding hydrogens is 288 g/mol. The maximum Gasteiger partial charge on any atom is 0.311 e. The fourth-order valence-electron chi connectivity index (χ4n) is 1.87. The normalized spacial score (nSPS) is 10.2. The van der Waals surface area contributed by atoms with Gasteiger partial charge in [-0.1, -0.05) is 35.9 Å². The number of carbonyl (C=O) groups is 1. The summed E-state index contributed by atoms with van der Waals surface area (Å²) in [4.78, 5) is 11.8. The predicted molar refractivity (Wildman–Crippen MR) is 83.0 cm³/mol. The lowest BCUT2D eigenvalue weighted by Gasteiger charge is -2.07. The summed E-state index contributed by atoms with van der Waals surface area (Å²) < 4.78 is 10.6. The molecule has 0 aliphatic carbocycles. The van der Waals surface area contributed by atoms with Gasteiger partial charge in [-0.2, -0.15) is 0 Å². The van der Waals surface area contributed by atoms with Crippen molar-refractivity contribution in [3.63, 3.8) is 0 Å². The van der Waals surface area contributed by atoms with Crippen molar-refractivity contribution in [1.29, 1.82) is 0 Å².